The first kappa shape index (κ1) is 19.6. The molecule has 2 heterocycles. The van der Waals surface area contributed by atoms with E-state index in [-0.39, 0.29) is 0 Å². The van der Waals surface area contributed by atoms with Crippen molar-refractivity contribution in [2.75, 3.05) is 25.1 Å². The number of benzene rings is 1. The molecular formula is C18H24Br3N3O. The van der Waals surface area contributed by atoms with Crippen LogP contribution in [0, 0.1) is 0 Å². The largest absolute Gasteiger partial charge is 0.378 e. The summed E-state index contributed by atoms with van der Waals surface area (Å²) >= 11 is 11.2. The summed E-state index contributed by atoms with van der Waals surface area (Å²) in [6.45, 7) is 6.99. The Bertz CT molecular complexity index is 775. The van der Waals surface area contributed by atoms with E-state index >= 15 is 0 Å². The smallest absolute Gasteiger partial charge is 0.206 e. The van der Waals surface area contributed by atoms with Crippen molar-refractivity contribution in [1.82, 2.24) is 9.55 Å². The molecule has 0 amide bonds. The fourth-order valence-electron chi connectivity index (χ4n) is 3.56. The van der Waals surface area contributed by atoms with Crippen LogP contribution in [-0.2, 0) is 17.7 Å². The first-order valence-electron chi connectivity index (χ1n) is 8.87. The molecule has 1 aromatic heterocycles. The van der Waals surface area contributed by atoms with E-state index in [0.29, 0.717) is 6.10 Å². The number of hydrogen-bond donors (Lipinski definition) is 0. The summed E-state index contributed by atoms with van der Waals surface area (Å²) in [4.78, 5) is 7.25. The number of nitrogens with zero attached hydrogens (tertiary/aromatic N) is 3. The van der Waals surface area contributed by atoms with Gasteiger partial charge in [0, 0.05) is 35.7 Å². The van der Waals surface area contributed by atoms with E-state index in [0.717, 1.165) is 70.3 Å². The summed E-state index contributed by atoms with van der Waals surface area (Å²) in [5.74, 6) is 1.05. The molecule has 2 aromatic rings. The summed E-state index contributed by atoms with van der Waals surface area (Å²) in [5, 5.41) is 0. The number of imidazole rings is 1. The van der Waals surface area contributed by atoms with Crippen molar-refractivity contribution in [2.24, 2.45) is 0 Å². The molecule has 0 fully saturated rings. The summed E-state index contributed by atoms with van der Waals surface area (Å²) in [6, 6.07) is 0. The number of aromatic nitrogens is 2. The molecule has 1 aliphatic rings. The fourth-order valence-corrected chi connectivity index (χ4v) is 5.31. The normalized spacial score (nSPS) is 15.0. The number of aryl methyl sites for hydroxylation is 2. The minimum absolute atomic E-state index is 0.323. The van der Waals surface area contributed by atoms with Crippen LogP contribution in [-0.4, -0.2) is 35.9 Å². The first-order chi connectivity index (χ1) is 12.0. The highest BCUT2D eigenvalue weighted by Gasteiger charge is 2.26. The Morgan fingerprint density at radius 1 is 1.20 bits per heavy atom. The van der Waals surface area contributed by atoms with Crippen LogP contribution in [0.25, 0.3) is 11.0 Å². The Morgan fingerprint density at radius 2 is 1.96 bits per heavy atom. The number of anilines is 1. The number of rotatable bonds is 7. The predicted molar refractivity (Wildman–Crippen MR) is 115 cm³/mol. The molecular weight excluding hydrogens is 514 g/mol. The molecule has 25 heavy (non-hydrogen) atoms. The zero-order valence-corrected chi connectivity index (χ0v) is 19.7. The highest BCUT2D eigenvalue weighted by Crippen LogP contribution is 2.44. The molecule has 1 aliphatic heterocycles. The van der Waals surface area contributed by atoms with E-state index in [4.69, 9.17) is 9.72 Å². The van der Waals surface area contributed by atoms with Gasteiger partial charge in [-0.15, -0.1) is 0 Å². The first-order valence-corrected chi connectivity index (χ1v) is 11.3. The Balaban J connectivity index is 1.95. The minimum Gasteiger partial charge on any atom is -0.378 e. The molecule has 7 heteroatoms. The van der Waals surface area contributed by atoms with E-state index < -0.39 is 0 Å². The van der Waals surface area contributed by atoms with Gasteiger partial charge in [0.15, 0.2) is 0 Å². The molecule has 0 saturated heterocycles. The molecule has 0 radical (unpaired) electrons. The molecule has 3 rings (SSSR count). The highest BCUT2D eigenvalue weighted by atomic mass is 79.9. The summed E-state index contributed by atoms with van der Waals surface area (Å²) < 4.78 is 11.4. The van der Waals surface area contributed by atoms with Crippen molar-refractivity contribution >= 4 is 64.8 Å². The van der Waals surface area contributed by atoms with Gasteiger partial charge in [-0.1, -0.05) is 6.92 Å². The average molecular weight is 538 g/mol. The lowest BCUT2D eigenvalue weighted by atomic mass is 10.0. The van der Waals surface area contributed by atoms with Gasteiger partial charge in [0.25, 0.3) is 0 Å². The van der Waals surface area contributed by atoms with Gasteiger partial charge in [-0.25, -0.2) is 4.98 Å². The van der Waals surface area contributed by atoms with Gasteiger partial charge in [0.2, 0.25) is 5.95 Å². The molecule has 4 nitrogen and oxygen atoms in total. The lowest BCUT2D eigenvalue weighted by Gasteiger charge is -2.24. The zero-order chi connectivity index (χ0) is 18.1. The van der Waals surface area contributed by atoms with E-state index in [9.17, 15) is 0 Å². The highest BCUT2D eigenvalue weighted by molar-refractivity contribution is 9.14. The number of ether oxygens (including phenoxy) is 1. The van der Waals surface area contributed by atoms with Crippen molar-refractivity contribution in [2.45, 2.75) is 52.2 Å². The molecule has 0 bridgehead atoms. The number of hydrogen-bond acceptors (Lipinski definition) is 3. The topological polar surface area (TPSA) is 30.3 Å². The van der Waals surface area contributed by atoms with Crippen LogP contribution in [0.4, 0.5) is 5.95 Å². The summed E-state index contributed by atoms with van der Waals surface area (Å²) in [5.41, 5.74) is 3.65. The third-order valence-electron chi connectivity index (χ3n) is 4.89. The van der Waals surface area contributed by atoms with Gasteiger partial charge in [0.1, 0.15) is 5.52 Å². The molecule has 1 aromatic carbocycles. The van der Waals surface area contributed by atoms with Gasteiger partial charge < -0.3 is 14.2 Å². The third kappa shape index (κ3) is 3.66. The van der Waals surface area contributed by atoms with Crippen LogP contribution in [0.3, 0.4) is 0 Å². The van der Waals surface area contributed by atoms with Crippen molar-refractivity contribution in [3.8, 4) is 0 Å². The van der Waals surface area contributed by atoms with Gasteiger partial charge in [0.05, 0.1) is 16.1 Å². The lowest BCUT2D eigenvalue weighted by molar-refractivity contribution is 0.0557. The molecule has 1 unspecified atom stereocenters. The molecule has 0 saturated carbocycles. The average Bonchev–Trinajstić information content (AvgIpc) is 3.02. The maximum absolute atomic E-state index is 5.80. The number of halogens is 3. The third-order valence-corrected chi connectivity index (χ3v) is 8.39. The zero-order valence-electron chi connectivity index (χ0n) is 14.9. The van der Waals surface area contributed by atoms with Gasteiger partial charge in [-0.3, -0.25) is 0 Å². The summed E-state index contributed by atoms with van der Waals surface area (Å²) in [6.07, 6.45) is 4.62. The maximum atomic E-state index is 5.80. The van der Waals surface area contributed by atoms with Crippen LogP contribution in [0.15, 0.2) is 13.4 Å². The second-order valence-corrected chi connectivity index (χ2v) is 8.86. The molecule has 1 atom stereocenters. The van der Waals surface area contributed by atoms with Gasteiger partial charge in [-0.05, 0) is 86.0 Å². The van der Waals surface area contributed by atoms with Gasteiger partial charge in [-0.2, -0.15) is 0 Å². The van der Waals surface area contributed by atoms with Crippen LogP contribution >= 0.6 is 47.8 Å². The minimum atomic E-state index is 0.323. The van der Waals surface area contributed by atoms with Crippen molar-refractivity contribution in [3.05, 3.63) is 19.0 Å². The Kier molecular flexibility index (Phi) is 6.50. The van der Waals surface area contributed by atoms with Gasteiger partial charge >= 0.3 is 0 Å². The molecule has 138 valence electrons. The molecule has 0 aliphatic carbocycles. The monoisotopic (exact) mass is 535 g/mol. The quantitative estimate of drug-likeness (QED) is 0.411. The van der Waals surface area contributed by atoms with Crippen molar-refractivity contribution in [3.63, 3.8) is 0 Å². The van der Waals surface area contributed by atoms with E-state index in [1.807, 2.05) is 0 Å². The van der Waals surface area contributed by atoms with Crippen molar-refractivity contribution in [1.29, 1.82) is 0 Å². The maximum Gasteiger partial charge on any atom is 0.206 e. The standard InChI is InChI=1S/C18H24Br3N3O/c1-4-11(25-5-2)8-10-23(3)18-22-16-15(21)14(20)13(19)12-7-6-9-24(18)17(12)16/h11H,4-10H2,1-3H3. The Morgan fingerprint density at radius 3 is 2.64 bits per heavy atom. The Labute approximate surface area is 174 Å². The summed E-state index contributed by atoms with van der Waals surface area (Å²) in [7, 11) is 2.13. The predicted octanol–water partition coefficient (Wildman–Crippen LogP) is 5.91. The molecule has 0 spiro atoms. The van der Waals surface area contributed by atoms with E-state index in [1.54, 1.807) is 0 Å². The second-order valence-electron chi connectivity index (χ2n) is 6.48. The van der Waals surface area contributed by atoms with Crippen LogP contribution < -0.4 is 4.90 Å². The van der Waals surface area contributed by atoms with Crippen LogP contribution in [0.2, 0.25) is 0 Å². The van der Waals surface area contributed by atoms with Crippen LogP contribution in [0.5, 0.6) is 0 Å². The molecule has 0 N–H and O–H groups in total. The SMILES string of the molecule is CCOC(CC)CCN(C)c1nc2c(Br)c(Br)c(Br)c3c2n1CCC3. The van der Waals surface area contributed by atoms with Crippen molar-refractivity contribution < 1.29 is 4.74 Å². The van der Waals surface area contributed by atoms with E-state index in [1.165, 1.54) is 11.1 Å². The Hall–Kier alpha value is -0.110. The van der Waals surface area contributed by atoms with E-state index in [2.05, 4.69) is 78.2 Å². The second kappa shape index (κ2) is 8.28. The van der Waals surface area contributed by atoms with Crippen LogP contribution in [0.1, 0.15) is 38.7 Å². The fraction of sp³-hybridized carbons (Fsp3) is 0.611. The lowest BCUT2D eigenvalue weighted by Crippen LogP contribution is -2.27.